The maximum atomic E-state index is 11.6. The van der Waals surface area contributed by atoms with Gasteiger partial charge in [-0.2, -0.15) is 0 Å². The number of carbonyl (C=O) groups is 1. The van der Waals surface area contributed by atoms with Crippen molar-refractivity contribution in [1.29, 1.82) is 0 Å². The maximum Gasteiger partial charge on any atom is 0.242 e. The van der Waals surface area contributed by atoms with E-state index in [1.807, 2.05) is 0 Å². The van der Waals surface area contributed by atoms with Crippen molar-refractivity contribution in [3.63, 3.8) is 0 Å². The Kier molecular flexibility index (Phi) is 5.72. The summed E-state index contributed by atoms with van der Waals surface area (Å²) < 4.78 is 4.84. The van der Waals surface area contributed by atoms with Crippen molar-refractivity contribution in [2.45, 2.75) is 13.0 Å². The molecule has 17 heavy (non-hydrogen) atoms. The van der Waals surface area contributed by atoms with E-state index < -0.39 is 0 Å². The number of nitrogens with one attached hydrogen (secondary N) is 2. The molecular formula is C11H16ClN3O2. The van der Waals surface area contributed by atoms with E-state index in [0.717, 1.165) is 0 Å². The Hall–Kier alpha value is -1.33. The van der Waals surface area contributed by atoms with Gasteiger partial charge in [-0.1, -0.05) is 17.7 Å². The van der Waals surface area contributed by atoms with Crippen LogP contribution in [0.3, 0.4) is 0 Å². The molecule has 1 amide bonds. The number of halogens is 1. The normalized spacial score (nSPS) is 11.9. The third-order valence-corrected chi connectivity index (χ3v) is 2.29. The molecule has 2 N–H and O–H groups in total. The molecule has 1 rings (SSSR count). The van der Waals surface area contributed by atoms with Crippen molar-refractivity contribution < 1.29 is 9.53 Å². The van der Waals surface area contributed by atoms with E-state index in [4.69, 9.17) is 16.3 Å². The van der Waals surface area contributed by atoms with E-state index in [0.29, 0.717) is 24.1 Å². The molecule has 1 aromatic heterocycles. The van der Waals surface area contributed by atoms with Gasteiger partial charge in [0.1, 0.15) is 17.0 Å². The summed E-state index contributed by atoms with van der Waals surface area (Å²) in [6, 6.07) is 4.83. The highest BCUT2D eigenvalue weighted by molar-refractivity contribution is 6.29. The van der Waals surface area contributed by atoms with Gasteiger partial charge in [0.05, 0.1) is 6.61 Å². The third-order valence-electron chi connectivity index (χ3n) is 2.08. The summed E-state index contributed by atoms with van der Waals surface area (Å²) in [6.45, 7) is 2.74. The van der Waals surface area contributed by atoms with Crippen molar-refractivity contribution in [2.24, 2.45) is 0 Å². The lowest BCUT2D eigenvalue weighted by Gasteiger charge is -2.14. The lowest BCUT2D eigenvalue weighted by atomic mass is 10.3. The second-order valence-corrected chi connectivity index (χ2v) is 3.88. The number of nitrogens with zero attached hydrogens (tertiary/aromatic N) is 1. The van der Waals surface area contributed by atoms with Gasteiger partial charge in [-0.05, 0) is 19.1 Å². The second-order valence-electron chi connectivity index (χ2n) is 3.50. The van der Waals surface area contributed by atoms with Gasteiger partial charge in [0, 0.05) is 13.7 Å². The lowest BCUT2D eigenvalue weighted by Crippen LogP contribution is -2.39. The summed E-state index contributed by atoms with van der Waals surface area (Å²) in [4.78, 5) is 15.7. The van der Waals surface area contributed by atoms with Crippen molar-refractivity contribution in [1.82, 2.24) is 10.3 Å². The van der Waals surface area contributed by atoms with Gasteiger partial charge in [-0.15, -0.1) is 0 Å². The standard InChI is InChI=1S/C11H16ClN3O2/c1-8(11(16)13-6-7-17-2)14-10-5-3-4-9(12)15-10/h3-5,8H,6-7H2,1-2H3,(H,13,16)(H,14,15). The summed E-state index contributed by atoms with van der Waals surface area (Å²) in [6.07, 6.45) is 0. The first-order chi connectivity index (χ1) is 8.13. The molecule has 6 heteroatoms. The molecule has 0 bridgehead atoms. The van der Waals surface area contributed by atoms with Crippen LogP contribution in [-0.4, -0.2) is 37.2 Å². The van der Waals surface area contributed by atoms with Crippen molar-refractivity contribution in [3.8, 4) is 0 Å². The number of rotatable bonds is 6. The molecule has 0 saturated carbocycles. The number of ether oxygens (including phenoxy) is 1. The van der Waals surface area contributed by atoms with Crippen molar-refractivity contribution in [3.05, 3.63) is 23.4 Å². The Bertz CT molecular complexity index is 373. The van der Waals surface area contributed by atoms with Crippen LogP contribution in [0.2, 0.25) is 5.15 Å². The molecule has 0 radical (unpaired) electrons. The molecule has 0 aliphatic rings. The Balaban J connectivity index is 2.43. The summed E-state index contributed by atoms with van der Waals surface area (Å²) in [5.74, 6) is 0.468. The Morgan fingerprint density at radius 3 is 3.00 bits per heavy atom. The molecule has 94 valence electrons. The zero-order chi connectivity index (χ0) is 12.7. The van der Waals surface area contributed by atoms with E-state index in [2.05, 4.69) is 15.6 Å². The zero-order valence-corrected chi connectivity index (χ0v) is 10.6. The van der Waals surface area contributed by atoms with Crippen LogP contribution in [0.25, 0.3) is 0 Å². The van der Waals surface area contributed by atoms with E-state index in [1.54, 1.807) is 32.2 Å². The molecule has 1 atom stereocenters. The summed E-state index contributed by atoms with van der Waals surface area (Å²) in [5, 5.41) is 6.08. The van der Waals surface area contributed by atoms with Crippen LogP contribution in [0, 0.1) is 0 Å². The highest BCUT2D eigenvalue weighted by atomic mass is 35.5. The first-order valence-corrected chi connectivity index (χ1v) is 5.67. The SMILES string of the molecule is COCCNC(=O)C(C)Nc1cccc(Cl)n1. The number of pyridine rings is 1. The van der Waals surface area contributed by atoms with E-state index in [1.165, 1.54) is 0 Å². The number of methoxy groups -OCH3 is 1. The molecule has 1 unspecified atom stereocenters. The topological polar surface area (TPSA) is 63.2 Å². The lowest BCUT2D eigenvalue weighted by molar-refractivity contribution is -0.121. The Labute approximate surface area is 106 Å². The van der Waals surface area contributed by atoms with Crippen LogP contribution in [0.1, 0.15) is 6.92 Å². The average Bonchev–Trinajstić information content (AvgIpc) is 2.29. The molecule has 0 spiro atoms. The minimum atomic E-state index is -0.377. The predicted octanol–water partition coefficient (Wildman–Crippen LogP) is 1.30. The number of hydrogen-bond donors (Lipinski definition) is 2. The molecule has 5 nitrogen and oxygen atoms in total. The van der Waals surface area contributed by atoms with E-state index in [-0.39, 0.29) is 11.9 Å². The quantitative estimate of drug-likeness (QED) is 0.596. The largest absolute Gasteiger partial charge is 0.383 e. The molecule has 0 aliphatic carbocycles. The van der Waals surface area contributed by atoms with Crippen LogP contribution < -0.4 is 10.6 Å². The van der Waals surface area contributed by atoms with Crippen LogP contribution in [0.4, 0.5) is 5.82 Å². The van der Waals surface area contributed by atoms with Gasteiger partial charge in [0.2, 0.25) is 5.91 Å². The van der Waals surface area contributed by atoms with Gasteiger partial charge in [0.25, 0.3) is 0 Å². The first-order valence-electron chi connectivity index (χ1n) is 5.29. The monoisotopic (exact) mass is 257 g/mol. The van der Waals surface area contributed by atoms with Gasteiger partial charge < -0.3 is 15.4 Å². The van der Waals surface area contributed by atoms with E-state index in [9.17, 15) is 4.79 Å². The third kappa shape index (κ3) is 5.01. The predicted molar refractivity (Wildman–Crippen MR) is 67.2 cm³/mol. The molecule has 0 fully saturated rings. The number of aromatic nitrogens is 1. The van der Waals surface area contributed by atoms with Crippen molar-refractivity contribution >= 4 is 23.3 Å². The molecule has 0 aliphatic heterocycles. The fourth-order valence-corrected chi connectivity index (χ4v) is 1.37. The zero-order valence-electron chi connectivity index (χ0n) is 9.87. The Morgan fingerprint density at radius 2 is 2.35 bits per heavy atom. The Morgan fingerprint density at radius 1 is 1.59 bits per heavy atom. The minimum Gasteiger partial charge on any atom is -0.383 e. The van der Waals surface area contributed by atoms with Crippen LogP contribution in [0.5, 0.6) is 0 Å². The number of anilines is 1. The van der Waals surface area contributed by atoms with Gasteiger partial charge in [-0.25, -0.2) is 4.98 Å². The fraction of sp³-hybridized carbons (Fsp3) is 0.455. The minimum absolute atomic E-state index is 0.108. The van der Waals surface area contributed by atoms with Gasteiger partial charge in [0.15, 0.2) is 0 Å². The molecular weight excluding hydrogens is 242 g/mol. The number of hydrogen-bond acceptors (Lipinski definition) is 4. The summed E-state index contributed by atoms with van der Waals surface area (Å²) in [7, 11) is 1.59. The molecule has 0 saturated heterocycles. The average molecular weight is 258 g/mol. The number of amides is 1. The molecule has 1 aromatic rings. The first kappa shape index (κ1) is 13.7. The van der Waals surface area contributed by atoms with Gasteiger partial charge in [-0.3, -0.25) is 4.79 Å². The highest BCUT2D eigenvalue weighted by Crippen LogP contribution is 2.10. The summed E-state index contributed by atoms with van der Waals surface area (Å²) >= 11 is 5.74. The smallest absolute Gasteiger partial charge is 0.242 e. The van der Waals surface area contributed by atoms with Crippen LogP contribution in [0.15, 0.2) is 18.2 Å². The second kappa shape index (κ2) is 7.09. The summed E-state index contributed by atoms with van der Waals surface area (Å²) in [5.41, 5.74) is 0. The van der Waals surface area contributed by atoms with Crippen molar-refractivity contribution in [2.75, 3.05) is 25.6 Å². The molecule has 1 heterocycles. The molecule has 0 aromatic carbocycles. The van der Waals surface area contributed by atoms with Crippen LogP contribution >= 0.6 is 11.6 Å². The maximum absolute atomic E-state index is 11.6. The number of carbonyl (C=O) groups excluding carboxylic acids is 1. The fourth-order valence-electron chi connectivity index (χ4n) is 1.21. The highest BCUT2D eigenvalue weighted by Gasteiger charge is 2.12. The van der Waals surface area contributed by atoms with E-state index >= 15 is 0 Å². The van der Waals surface area contributed by atoms with Gasteiger partial charge >= 0.3 is 0 Å². The van der Waals surface area contributed by atoms with Crippen LogP contribution in [-0.2, 0) is 9.53 Å².